The maximum Gasteiger partial charge on any atom is -1.00 e. The third kappa shape index (κ3) is 6.66. The molecule has 38 heavy (non-hydrogen) atoms. The van der Waals surface area contributed by atoms with E-state index in [1.54, 1.807) is 0 Å². The maximum absolute atomic E-state index is 13.9. The molecule has 0 aromatic heterocycles. The largest absolute Gasteiger partial charge is 1.00 e. The third-order valence-corrected chi connectivity index (χ3v) is 26.3. The molecule has 0 radical (unpaired) electrons. The van der Waals surface area contributed by atoms with Crippen molar-refractivity contribution in [2.75, 3.05) is 0 Å². The molecular formula is C32H32Cl2NOSiZr. The van der Waals surface area contributed by atoms with Crippen molar-refractivity contribution in [3.63, 3.8) is 0 Å². The molecule has 6 heteroatoms. The van der Waals surface area contributed by atoms with Crippen LogP contribution in [0.5, 0.6) is 0 Å². The summed E-state index contributed by atoms with van der Waals surface area (Å²) in [7, 11) is 0. The predicted octanol–water partition coefficient (Wildman–Crippen LogP) is -0.439. The first-order valence-electron chi connectivity index (χ1n) is 12.6. The summed E-state index contributed by atoms with van der Waals surface area (Å²) in [5.74, 6) is -1.61. The molecule has 1 aliphatic rings. The Hall–Kier alpha value is -2.23. The number of rotatable bonds is 6. The SMILES string of the molecule is CC(C)(C)c1cccc(C(=O)[NH][Zr+2]([CH]2C=Cc3ccccc32)[SiH](c2ccccc2)c2ccccc2)c1.[Cl-].[Cl-]. The molecule has 4 aromatic rings. The van der Waals surface area contributed by atoms with E-state index in [-0.39, 0.29) is 36.1 Å². The summed E-state index contributed by atoms with van der Waals surface area (Å²) in [4.78, 5) is 13.9. The zero-order valence-electron chi connectivity index (χ0n) is 21.9. The van der Waals surface area contributed by atoms with Gasteiger partial charge in [-0.05, 0) is 0 Å². The van der Waals surface area contributed by atoms with E-state index in [0.29, 0.717) is 3.63 Å². The summed E-state index contributed by atoms with van der Waals surface area (Å²) >= 11 is -2.71. The van der Waals surface area contributed by atoms with Crippen molar-refractivity contribution in [3.05, 3.63) is 138 Å². The summed E-state index contributed by atoms with van der Waals surface area (Å²) in [6.45, 7) is 6.58. The second-order valence-electron chi connectivity index (χ2n) is 10.5. The molecule has 1 amide bonds. The van der Waals surface area contributed by atoms with Gasteiger partial charge in [-0.15, -0.1) is 0 Å². The minimum Gasteiger partial charge on any atom is -1.00 e. The van der Waals surface area contributed by atoms with Gasteiger partial charge in [0.1, 0.15) is 0 Å². The average Bonchev–Trinajstić information content (AvgIpc) is 3.33. The third-order valence-electron chi connectivity index (χ3n) is 6.96. The van der Waals surface area contributed by atoms with Crippen molar-refractivity contribution in [2.24, 2.45) is 0 Å². The van der Waals surface area contributed by atoms with Crippen molar-refractivity contribution < 1.29 is 50.8 Å². The number of hydrogen-bond acceptors (Lipinski definition) is 1. The summed E-state index contributed by atoms with van der Waals surface area (Å²) in [6, 6.07) is 38.8. The Kier molecular flexibility index (Phi) is 10.5. The van der Waals surface area contributed by atoms with Crippen LogP contribution in [0.4, 0.5) is 0 Å². The van der Waals surface area contributed by atoms with Gasteiger partial charge in [0, 0.05) is 0 Å². The number of halogens is 2. The number of allylic oxidation sites excluding steroid dienone is 1. The number of nitrogens with one attached hydrogen (secondary N) is 1. The average molecular weight is 637 g/mol. The smallest absolute Gasteiger partial charge is 1.00 e. The van der Waals surface area contributed by atoms with Crippen molar-refractivity contribution >= 4 is 28.3 Å². The molecule has 2 nitrogen and oxygen atoms in total. The molecule has 1 unspecified atom stereocenters. The van der Waals surface area contributed by atoms with E-state index in [4.69, 9.17) is 0 Å². The topological polar surface area (TPSA) is 29.1 Å². The van der Waals surface area contributed by atoms with E-state index in [0.717, 1.165) is 5.56 Å². The van der Waals surface area contributed by atoms with Crippen molar-refractivity contribution in [3.8, 4) is 0 Å². The second-order valence-corrected chi connectivity index (χ2v) is 25.0. The van der Waals surface area contributed by atoms with E-state index < -0.39 is 27.1 Å². The molecule has 1 atom stereocenters. The number of carbonyl (C=O) groups is 1. The monoisotopic (exact) mass is 634 g/mol. The van der Waals surface area contributed by atoms with Crippen LogP contribution in [0.1, 0.15) is 51.4 Å². The van der Waals surface area contributed by atoms with E-state index in [1.165, 1.54) is 27.1 Å². The molecule has 0 aliphatic heterocycles. The van der Waals surface area contributed by atoms with Crippen molar-refractivity contribution in [2.45, 2.75) is 29.8 Å². The fourth-order valence-electron chi connectivity index (χ4n) is 5.02. The Labute approximate surface area is 248 Å². The van der Waals surface area contributed by atoms with Crippen molar-refractivity contribution in [1.82, 2.24) is 3.26 Å². The van der Waals surface area contributed by atoms with Gasteiger partial charge in [0.15, 0.2) is 0 Å². The summed E-state index contributed by atoms with van der Waals surface area (Å²) in [5, 5.41) is 2.83. The molecule has 0 saturated carbocycles. The molecule has 0 heterocycles. The van der Waals surface area contributed by atoms with Crippen LogP contribution >= 0.6 is 0 Å². The number of carbonyl (C=O) groups excluding carboxylic acids is 1. The van der Waals surface area contributed by atoms with Crippen LogP contribution in [0.3, 0.4) is 0 Å². The maximum atomic E-state index is 13.9. The fourth-order valence-corrected chi connectivity index (χ4v) is 25.8. The molecule has 5 rings (SSSR count). The first-order chi connectivity index (χ1) is 17.4. The molecule has 0 spiro atoms. The molecular weight excluding hydrogens is 605 g/mol. The van der Waals surface area contributed by atoms with Crippen LogP contribution in [-0.2, 0) is 26.6 Å². The van der Waals surface area contributed by atoms with Crippen LogP contribution in [0.15, 0.2) is 115 Å². The Bertz CT molecular complexity index is 1350. The standard InChI is InChI=1S/C12H11Si.C11H15NO.C9H7.2ClH.Zr/c1-3-7-11(8-4-1)13-12-9-5-2-6-10-12;1-11(2,3)9-6-4-5-8(7-9)10(12)13;1-2-5-9-7-3-6-8(9)4-1;;;/h1-10,13H;4-7H,1-3H3,(H2,12,13);1-7H;2*1H;/q;;;;;+3/p-3. The Morgan fingerprint density at radius 2 is 1.34 bits per heavy atom. The number of amides is 1. The number of benzene rings is 4. The van der Waals surface area contributed by atoms with E-state index >= 15 is 0 Å². The number of fused-ring (bicyclic) bond motifs is 1. The van der Waals surface area contributed by atoms with Gasteiger partial charge in [-0.3, -0.25) is 0 Å². The summed E-state index contributed by atoms with van der Waals surface area (Å²) in [5.41, 5.74) is 4.62. The van der Waals surface area contributed by atoms with E-state index in [2.05, 4.69) is 133 Å². The Morgan fingerprint density at radius 3 is 1.95 bits per heavy atom. The molecule has 1 N–H and O–H groups in total. The van der Waals surface area contributed by atoms with Crippen LogP contribution in [0.25, 0.3) is 6.08 Å². The quantitative estimate of drug-likeness (QED) is 0.286. The van der Waals surface area contributed by atoms with Gasteiger partial charge in [-0.1, -0.05) is 0 Å². The van der Waals surface area contributed by atoms with E-state index in [1.807, 2.05) is 12.1 Å². The summed E-state index contributed by atoms with van der Waals surface area (Å²) < 4.78 is 4.08. The van der Waals surface area contributed by atoms with Gasteiger partial charge in [-0.2, -0.15) is 0 Å². The van der Waals surface area contributed by atoms with Crippen LogP contribution in [0.2, 0.25) is 0 Å². The van der Waals surface area contributed by atoms with E-state index in [9.17, 15) is 4.79 Å². The normalized spacial score (nSPS) is 13.7. The zero-order valence-corrected chi connectivity index (χ0v) is 27.0. The zero-order chi connectivity index (χ0) is 25.1. The fraction of sp³-hybridized carbons (Fsp3) is 0.156. The van der Waals surface area contributed by atoms with Gasteiger partial charge >= 0.3 is 225 Å². The van der Waals surface area contributed by atoms with Gasteiger partial charge in [0.2, 0.25) is 0 Å². The first kappa shape index (κ1) is 30.3. The molecule has 4 aromatic carbocycles. The molecule has 1 aliphatic carbocycles. The predicted molar refractivity (Wildman–Crippen MR) is 150 cm³/mol. The van der Waals surface area contributed by atoms with Crippen LogP contribution in [-0.4, -0.2) is 11.8 Å². The van der Waals surface area contributed by atoms with Gasteiger partial charge < -0.3 is 24.8 Å². The Balaban J connectivity index is 0.00000200. The molecule has 0 saturated heterocycles. The Morgan fingerprint density at radius 1 is 0.763 bits per heavy atom. The molecule has 0 bridgehead atoms. The van der Waals surface area contributed by atoms with Crippen LogP contribution in [0, 0.1) is 0 Å². The number of hydrogen-bond donors (Lipinski definition) is 1. The minimum absolute atomic E-state index is 0. The van der Waals surface area contributed by atoms with Gasteiger partial charge in [-0.25, -0.2) is 0 Å². The molecule has 0 fully saturated rings. The summed E-state index contributed by atoms with van der Waals surface area (Å²) in [6.07, 6.45) is 4.63. The van der Waals surface area contributed by atoms with Crippen LogP contribution < -0.4 is 38.4 Å². The second kappa shape index (κ2) is 13.2. The molecule has 193 valence electrons. The van der Waals surface area contributed by atoms with Gasteiger partial charge in [0.05, 0.1) is 0 Å². The minimum atomic E-state index is -2.71. The first-order valence-corrected chi connectivity index (χ1v) is 21.2. The van der Waals surface area contributed by atoms with Crippen molar-refractivity contribution in [1.29, 1.82) is 0 Å². The van der Waals surface area contributed by atoms with Gasteiger partial charge in [0.25, 0.3) is 0 Å².